The summed E-state index contributed by atoms with van der Waals surface area (Å²) in [5.74, 6) is 0.691. The van der Waals surface area contributed by atoms with E-state index in [9.17, 15) is 4.79 Å². The molecule has 21 heavy (non-hydrogen) atoms. The van der Waals surface area contributed by atoms with E-state index in [1.54, 1.807) is 13.0 Å². The molecule has 0 bridgehead atoms. The van der Waals surface area contributed by atoms with Gasteiger partial charge in [-0.2, -0.15) is 0 Å². The minimum atomic E-state index is -0.684. The molecule has 0 aliphatic heterocycles. The highest BCUT2D eigenvalue weighted by Crippen LogP contribution is 2.28. The lowest BCUT2D eigenvalue weighted by Gasteiger charge is -2.16. The fourth-order valence-electron chi connectivity index (χ4n) is 1.81. The van der Waals surface area contributed by atoms with E-state index in [2.05, 4.69) is 4.74 Å². The van der Waals surface area contributed by atoms with E-state index >= 15 is 0 Å². The molecule has 0 amide bonds. The van der Waals surface area contributed by atoms with Gasteiger partial charge < -0.3 is 14.2 Å². The standard InChI is InChI=1S/C17H18O4/c1-13(17(18)19-2)21-16-11-7-6-10-15(16)20-12-14-8-4-3-5-9-14/h3-11,13H,12H2,1-2H3. The number of rotatable bonds is 6. The summed E-state index contributed by atoms with van der Waals surface area (Å²) >= 11 is 0. The Morgan fingerprint density at radius 2 is 1.62 bits per heavy atom. The zero-order valence-electron chi connectivity index (χ0n) is 12.1. The Bertz CT molecular complexity index is 580. The van der Waals surface area contributed by atoms with E-state index in [4.69, 9.17) is 9.47 Å². The average Bonchev–Trinajstić information content (AvgIpc) is 2.54. The van der Waals surface area contributed by atoms with Crippen molar-refractivity contribution < 1.29 is 19.0 Å². The average molecular weight is 286 g/mol. The quantitative estimate of drug-likeness (QED) is 0.765. The van der Waals surface area contributed by atoms with Crippen LogP contribution < -0.4 is 9.47 Å². The Balaban J connectivity index is 2.04. The van der Waals surface area contributed by atoms with Crippen LogP contribution in [0.1, 0.15) is 12.5 Å². The van der Waals surface area contributed by atoms with Gasteiger partial charge in [-0.25, -0.2) is 4.79 Å². The Hall–Kier alpha value is -2.49. The van der Waals surface area contributed by atoms with E-state index in [-0.39, 0.29) is 0 Å². The number of hydrogen-bond acceptors (Lipinski definition) is 4. The van der Waals surface area contributed by atoms with Gasteiger partial charge in [0.2, 0.25) is 0 Å². The number of ether oxygens (including phenoxy) is 3. The third kappa shape index (κ3) is 4.24. The van der Waals surface area contributed by atoms with E-state index < -0.39 is 12.1 Å². The van der Waals surface area contributed by atoms with Gasteiger partial charge in [-0.3, -0.25) is 0 Å². The number of methoxy groups -OCH3 is 1. The fourth-order valence-corrected chi connectivity index (χ4v) is 1.81. The maximum Gasteiger partial charge on any atom is 0.346 e. The predicted octanol–water partition coefficient (Wildman–Crippen LogP) is 3.21. The number of hydrogen-bond donors (Lipinski definition) is 0. The Morgan fingerprint density at radius 3 is 2.29 bits per heavy atom. The minimum absolute atomic E-state index is 0.423. The molecule has 2 rings (SSSR count). The van der Waals surface area contributed by atoms with Crippen LogP contribution in [-0.4, -0.2) is 19.2 Å². The van der Waals surface area contributed by atoms with Gasteiger partial charge in [-0.15, -0.1) is 0 Å². The molecule has 0 fully saturated rings. The monoisotopic (exact) mass is 286 g/mol. The van der Waals surface area contributed by atoms with Crippen LogP contribution in [0.5, 0.6) is 11.5 Å². The Kier molecular flexibility index (Phi) is 5.21. The van der Waals surface area contributed by atoms with Gasteiger partial charge in [0.25, 0.3) is 0 Å². The van der Waals surface area contributed by atoms with Crippen molar-refractivity contribution in [2.24, 2.45) is 0 Å². The van der Waals surface area contributed by atoms with E-state index in [0.29, 0.717) is 18.1 Å². The van der Waals surface area contributed by atoms with Gasteiger partial charge >= 0.3 is 5.97 Å². The van der Waals surface area contributed by atoms with Gasteiger partial charge in [0, 0.05) is 0 Å². The van der Waals surface area contributed by atoms with Crippen molar-refractivity contribution in [2.45, 2.75) is 19.6 Å². The van der Waals surface area contributed by atoms with Crippen molar-refractivity contribution in [3.63, 3.8) is 0 Å². The second kappa shape index (κ2) is 7.33. The largest absolute Gasteiger partial charge is 0.485 e. The molecule has 0 spiro atoms. The summed E-state index contributed by atoms with van der Waals surface area (Å²) in [6, 6.07) is 17.1. The van der Waals surface area contributed by atoms with Crippen LogP contribution in [0.15, 0.2) is 54.6 Å². The molecule has 0 N–H and O–H groups in total. The molecule has 0 radical (unpaired) electrons. The third-order valence-corrected chi connectivity index (χ3v) is 2.92. The highest BCUT2D eigenvalue weighted by molar-refractivity contribution is 5.74. The molecule has 0 heterocycles. The number of benzene rings is 2. The lowest BCUT2D eigenvalue weighted by atomic mass is 10.2. The molecular weight excluding hydrogens is 268 g/mol. The molecule has 4 nitrogen and oxygen atoms in total. The Labute approximate surface area is 124 Å². The summed E-state index contributed by atoms with van der Waals surface area (Å²) in [6.45, 7) is 2.08. The molecule has 0 aliphatic rings. The topological polar surface area (TPSA) is 44.8 Å². The maximum absolute atomic E-state index is 11.4. The minimum Gasteiger partial charge on any atom is -0.485 e. The van der Waals surface area contributed by atoms with Crippen LogP contribution in [0.2, 0.25) is 0 Å². The van der Waals surface area contributed by atoms with E-state index in [0.717, 1.165) is 5.56 Å². The molecule has 1 unspecified atom stereocenters. The first-order chi connectivity index (χ1) is 10.2. The SMILES string of the molecule is COC(=O)C(C)Oc1ccccc1OCc1ccccc1. The first-order valence-electron chi connectivity index (χ1n) is 6.71. The molecule has 0 saturated heterocycles. The van der Waals surface area contributed by atoms with Gasteiger partial charge in [-0.05, 0) is 24.6 Å². The van der Waals surface area contributed by atoms with Crippen LogP contribution in [0, 0.1) is 0 Å². The zero-order chi connectivity index (χ0) is 15.1. The van der Waals surface area contributed by atoms with Crippen LogP contribution >= 0.6 is 0 Å². The molecular formula is C17H18O4. The van der Waals surface area contributed by atoms with E-state index in [1.165, 1.54) is 7.11 Å². The van der Waals surface area contributed by atoms with Crippen LogP contribution in [0.4, 0.5) is 0 Å². The number of carbonyl (C=O) groups is 1. The predicted molar refractivity (Wildman–Crippen MR) is 79.3 cm³/mol. The number of esters is 1. The summed E-state index contributed by atoms with van der Waals surface area (Å²) in [5, 5.41) is 0. The molecule has 2 aromatic rings. The van der Waals surface area contributed by atoms with Crippen molar-refractivity contribution >= 4 is 5.97 Å². The maximum atomic E-state index is 11.4. The lowest BCUT2D eigenvalue weighted by Crippen LogP contribution is -2.25. The smallest absolute Gasteiger partial charge is 0.346 e. The van der Waals surface area contributed by atoms with Crippen molar-refractivity contribution in [3.8, 4) is 11.5 Å². The van der Waals surface area contributed by atoms with Crippen molar-refractivity contribution in [2.75, 3.05) is 7.11 Å². The van der Waals surface area contributed by atoms with Crippen molar-refractivity contribution in [1.29, 1.82) is 0 Å². The zero-order valence-corrected chi connectivity index (χ0v) is 12.1. The summed E-state index contributed by atoms with van der Waals surface area (Å²) in [6.07, 6.45) is -0.684. The first kappa shape index (κ1) is 14.9. The molecule has 1 atom stereocenters. The van der Waals surface area contributed by atoms with Gasteiger partial charge in [0.05, 0.1) is 7.11 Å². The van der Waals surface area contributed by atoms with Gasteiger partial charge in [0.1, 0.15) is 6.61 Å². The molecule has 2 aromatic carbocycles. The number of para-hydroxylation sites is 2. The normalized spacial score (nSPS) is 11.5. The summed E-state index contributed by atoms with van der Waals surface area (Å²) in [7, 11) is 1.33. The highest BCUT2D eigenvalue weighted by atomic mass is 16.6. The number of carbonyl (C=O) groups excluding carboxylic acids is 1. The van der Waals surface area contributed by atoms with Crippen LogP contribution in [0.3, 0.4) is 0 Å². The molecule has 0 aromatic heterocycles. The highest BCUT2D eigenvalue weighted by Gasteiger charge is 2.16. The van der Waals surface area contributed by atoms with Crippen LogP contribution in [0.25, 0.3) is 0 Å². The molecule has 0 aliphatic carbocycles. The second-order valence-electron chi connectivity index (χ2n) is 4.50. The summed E-state index contributed by atoms with van der Waals surface area (Å²) < 4.78 is 16.0. The second-order valence-corrected chi connectivity index (χ2v) is 4.50. The molecule has 110 valence electrons. The Morgan fingerprint density at radius 1 is 1.00 bits per heavy atom. The molecule has 0 saturated carbocycles. The fraction of sp³-hybridized carbons (Fsp3) is 0.235. The van der Waals surface area contributed by atoms with Gasteiger partial charge in [-0.1, -0.05) is 42.5 Å². The lowest BCUT2D eigenvalue weighted by molar-refractivity contribution is -0.147. The van der Waals surface area contributed by atoms with Crippen LogP contribution in [-0.2, 0) is 16.1 Å². The molecule has 4 heteroatoms. The van der Waals surface area contributed by atoms with Crippen molar-refractivity contribution in [3.05, 3.63) is 60.2 Å². The van der Waals surface area contributed by atoms with Gasteiger partial charge in [0.15, 0.2) is 17.6 Å². The first-order valence-corrected chi connectivity index (χ1v) is 6.71. The van der Waals surface area contributed by atoms with Crippen molar-refractivity contribution in [1.82, 2.24) is 0 Å². The third-order valence-electron chi connectivity index (χ3n) is 2.92. The summed E-state index contributed by atoms with van der Waals surface area (Å²) in [5.41, 5.74) is 1.06. The summed E-state index contributed by atoms with van der Waals surface area (Å²) in [4.78, 5) is 11.4. The van der Waals surface area contributed by atoms with E-state index in [1.807, 2.05) is 48.5 Å².